The lowest BCUT2D eigenvalue weighted by molar-refractivity contribution is 0.297. The van der Waals surface area contributed by atoms with E-state index in [0.29, 0.717) is 6.04 Å². The number of nitrogens with one attached hydrogen (secondary N) is 1. The maximum atomic E-state index is 5.71. The Morgan fingerprint density at radius 1 is 1.11 bits per heavy atom. The number of benzene rings is 1. The summed E-state index contributed by atoms with van der Waals surface area (Å²) in [6, 6.07) is 6.92. The van der Waals surface area contributed by atoms with E-state index < -0.39 is 0 Å². The first-order chi connectivity index (χ1) is 9.25. The fourth-order valence-electron chi connectivity index (χ4n) is 2.21. The highest BCUT2D eigenvalue weighted by atomic mass is 16.5. The van der Waals surface area contributed by atoms with Gasteiger partial charge >= 0.3 is 0 Å². The van der Waals surface area contributed by atoms with Gasteiger partial charge in [-0.2, -0.15) is 0 Å². The van der Waals surface area contributed by atoms with Gasteiger partial charge in [-0.25, -0.2) is 0 Å². The largest absolute Gasteiger partial charge is 0.490 e. The van der Waals surface area contributed by atoms with E-state index in [2.05, 4.69) is 31.3 Å². The van der Waals surface area contributed by atoms with Crippen molar-refractivity contribution in [2.75, 3.05) is 19.8 Å². The standard InChI is InChI=1S/C16H25NO2/c1-13(2)17-9-4-3-6-14-7-8-15-16(12-14)19-11-5-10-18-15/h7-8,12-13,17H,3-6,9-11H2,1-2H3. The van der Waals surface area contributed by atoms with E-state index in [1.165, 1.54) is 18.4 Å². The molecule has 0 spiro atoms. The van der Waals surface area contributed by atoms with Gasteiger partial charge in [0.05, 0.1) is 13.2 Å². The molecule has 0 atom stereocenters. The van der Waals surface area contributed by atoms with Crippen molar-refractivity contribution in [2.24, 2.45) is 0 Å². The van der Waals surface area contributed by atoms with Crippen LogP contribution in [0.25, 0.3) is 0 Å². The van der Waals surface area contributed by atoms with Crippen molar-refractivity contribution in [3.63, 3.8) is 0 Å². The second kappa shape index (κ2) is 7.39. The van der Waals surface area contributed by atoms with Gasteiger partial charge in [0, 0.05) is 12.5 Å². The van der Waals surface area contributed by atoms with E-state index in [4.69, 9.17) is 9.47 Å². The summed E-state index contributed by atoms with van der Waals surface area (Å²) in [6.45, 7) is 6.98. The number of aryl methyl sites for hydroxylation is 1. The molecular weight excluding hydrogens is 238 g/mol. The van der Waals surface area contributed by atoms with Gasteiger partial charge < -0.3 is 14.8 Å². The molecular formula is C16H25NO2. The monoisotopic (exact) mass is 263 g/mol. The maximum absolute atomic E-state index is 5.71. The van der Waals surface area contributed by atoms with Gasteiger partial charge in [0.2, 0.25) is 0 Å². The molecule has 0 saturated carbocycles. The Morgan fingerprint density at radius 3 is 2.68 bits per heavy atom. The van der Waals surface area contributed by atoms with Crippen LogP contribution in [0.2, 0.25) is 0 Å². The van der Waals surface area contributed by atoms with Crippen LogP contribution in [0.15, 0.2) is 18.2 Å². The van der Waals surface area contributed by atoms with Crippen LogP contribution in [0.3, 0.4) is 0 Å². The zero-order valence-electron chi connectivity index (χ0n) is 12.1. The molecule has 1 heterocycles. The lowest BCUT2D eigenvalue weighted by atomic mass is 10.1. The van der Waals surface area contributed by atoms with Gasteiger partial charge in [0.25, 0.3) is 0 Å². The molecule has 3 nitrogen and oxygen atoms in total. The Morgan fingerprint density at radius 2 is 1.89 bits per heavy atom. The number of fused-ring (bicyclic) bond motifs is 1. The molecule has 1 N–H and O–H groups in total. The molecule has 1 aliphatic rings. The van der Waals surface area contributed by atoms with Gasteiger partial charge in [0.1, 0.15) is 0 Å². The van der Waals surface area contributed by atoms with Crippen molar-refractivity contribution < 1.29 is 9.47 Å². The summed E-state index contributed by atoms with van der Waals surface area (Å²) in [6.07, 6.45) is 4.49. The zero-order valence-corrected chi connectivity index (χ0v) is 12.1. The first-order valence-electron chi connectivity index (χ1n) is 7.37. The van der Waals surface area contributed by atoms with Crippen LogP contribution in [-0.2, 0) is 6.42 Å². The highest BCUT2D eigenvalue weighted by Crippen LogP contribution is 2.30. The Kier molecular flexibility index (Phi) is 5.52. The summed E-state index contributed by atoms with van der Waals surface area (Å²) in [5.74, 6) is 1.80. The highest BCUT2D eigenvalue weighted by molar-refractivity contribution is 5.43. The Labute approximate surface area is 116 Å². The van der Waals surface area contributed by atoms with Crippen molar-refractivity contribution in [1.29, 1.82) is 0 Å². The summed E-state index contributed by atoms with van der Waals surface area (Å²) in [5.41, 5.74) is 1.34. The highest BCUT2D eigenvalue weighted by Gasteiger charge is 2.10. The Bertz CT molecular complexity index is 390. The number of hydrogen-bond acceptors (Lipinski definition) is 3. The fourth-order valence-corrected chi connectivity index (χ4v) is 2.21. The van der Waals surface area contributed by atoms with E-state index in [9.17, 15) is 0 Å². The summed E-state index contributed by atoms with van der Waals surface area (Å²) >= 11 is 0. The van der Waals surface area contributed by atoms with Crippen LogP contribution < -0.4 is 14.8 Å². The van der Waals surface area contributed by atoms with E-state index in [1.807, 2.05) is 6.07 Å². The molecule has 1 aliphatic heterocycles. The minimum absolute atomic E-state index is 0.582. The molecule has 0 unspecified atom stereocenters. The second-order valence-electron chi connectivity index (χ2n) is 5.40. The fraction of sp³-hybridized carbons (Fsp3) is 0.625. The first-order valence-corrected chi connectivity index (χ1v) is 7.37. The molecule has 0 radical (unpaired) electrons. The third kappa shape index (κ3) is 4.75. The van der Waals surface area contributed by atoms with Crippen molar-refractivity contribution in [2.45, 2.75) is 45.6 Å². The normalized spacial score (nSPS) is 14.5. The van der Waals surface area contributed by atoms with E-state index in [0.717, 1.165) is 44.1 Å². The predicted molar refractivity (Wildman–Crippen MR) is 78.1 cm³/mol. The van der Waals surface area contributed by atoms with Crippen LogP contribution in [-0.4, -0.2) is 25.8 Å². The van der Waals surface area contributed by atoms with Crippen LogP contribution in [0.5, 0.6) is 11.5 Å². The molecule has 1 aromatic rings. The van der Waals surface area contributed by atoms with Gasteiger partial charge in [-0.3, -0.25) is 0 Å². The van der Waals surface area contributed by atoms with Crippen LogP contribution >= 0.6 is 0 Å². The summed E-state index contributed by atoms with van der Waals surface area (Å²) in [5, 5.41) is 3.45. The summed E-state index contributed by atoms with van der Waals surface area (Å²) < 4.78 is 11.3. The molecule has 19 heavy (non-hydrogen) atoms. The lowest BCUT2D eigenvalue weighted by Gasteiger charge is -2.10. The van der Waals surface area contributed by atoms with Gasteiger partial charge in [-0.15, -0.1) is 0 Å². The minimum Gasteiger partial charge on any atom is -0.490 e. The first kappa shape index (κ1) is 14.2. The van der Waals surface area contributed by atoms with E-state index >= 15 is 0 Å². The molecule has 0 saturated heterocycles. The Hall–Kier alpha value is -1.22. The Balaban J connectivity index is 1.79. The predicted octanol–water partition coefficient (Wildman–Crippen LogP) is 3.17. The van der Waals surface area contributed by atoms with Crippen LogP contribution in [0.1, 0.15) is 38.7 Å². The SMILES string of the molecule is CC(C)NCCCCc1ccc2c(c1)OCCCO2. The molecule has 106 valence electrons. The zero-order chi connectivity index (χ0) is 13.5. The number of ether oxygens (including phenoxy) is 2. The molecule has 1 aromatic carbocycles. The molecule has 0 aliphatic carbocycles. The van der Waals surface area contributed by atoms with Crippen LogP contribution in [0, 0.1) is 0 Å². The van der Waals surface area contributed by atoms with E-state index in [-0.39, 0.29) is 0 Å². The molecule has 3 heteroatoms. The average molecular weight is 263 g/mol. The van der Waals surface area contributed by atoms with Crippen LogP contribution in [0.4, 0.5) is 0 Å². The molecule has 0 aromatic heterocycles. The number of unbranched alkanes of at least 4 members (excludes halogenated alkanes) is 1. The topological polar surface area (TPSA) is 30.5 Å². The molecule has 0 fully saturated rings. The third-order valence-electron chi connectivity index (χ3n) is 3.26. The van der Waals surface area contributed by atoms with Gasteiger partial charge in [0.15, 0.2) is 11.5 Å². The smallest absolute Gasteiger partial charge is 0.161 e. The van der Waals surface area contributed by atoms with Crippen molar-refractivity contribution in [3.05, 3.63) is 23.8 Å². The second-order valence-corrected chi connectivity index (χ2v) is 5.40. The van der Waals surface area contributed by atoms with Crippen molar-refractivity contribution >= 4 is 0 Å². The molecule has 2 rings (SSSR count). The maximum Gasteiger partial charge on any atom is 0.161 e. The van der Waals surface area contributed by atoms with Crippen molar-refractivity contribution in [3.8, 4) is 11.5 Å². The summed E-state index contributed by atoms with van der Waals surface area (Å²) in [4.78, 5) is 0. The lowest BCUT2D eigenvalue weighted by Crippen LogP contribution is -2.23. The van der Waals surface area contributed by atoms with Gasteiger partial charge in [-0.05, 0) is 43.5 Å². The molecule has 0 amide bonds. The molecule has 0 bridgehead atoms. The quantitative estimate of drug-likeness (QED) is 0.800. The summed E-state index contributed by atoms with van der Waals surface area (Å²) in [7, 11) is 0. The minimum atomic E-state index is 0.582. The van der Waals surface area contributed by atoms with Gasteiger partial charge in [-0.1, -0.05) is 19.9 Å². The van der Waals surface area contributed by atoms with E-state index in [1.54, 1.807) is 0 Å². The van der Waals surface area contributed by atoms with Crippen molar-refractivity contribution in [1.82, 2.24) is 5.32 Å². The number of rotatable bonds is 6. The number of hydrogen-bond donors (Lipinski definition) is 1. The third-order valence-corrected chi connectivity index (χ3v) is 3.26. The average Bonchev–Trinajstić information content (AvgIpc) is 2.62.